The van der Waals surface area contributed by atoms with Gasteiger partial charge in [-0.3, -0.25) is 4.79 Å². The molecule has 5 rings (SSSR count). The SMILES string of the molecule is CNC(=O)c1cc(F)c(-c2nc3cc(C)ccn3c2CC2CN(C(=O)OCc3ccccc3)CC(F)(F)C2)c(F)c1. The highest BCUT2D eigenvalue weighted by Crippen LogP contribution is 2.36. The summed E-state index contributed by atoms with van der Waals surface area (Å²) < 4.78 is 67.3. The van der Waals surface area contributed by atoms with Crippen LogP contribution in [0, 0.1) is 24.5 Å². The second kappa shape index (κ2) is 11.2. The maximum absolute atomic E-state index is 15.3. The highest BCUT2D eigenvalue weighted by atomic mass is 19.3. The van der Waals surface area contributed by atoms with Crippen LogP contribution in [0.2, 0.25) is 0 Å². The van der Waals surface area contributed by atoms with Gasteiger partial charge < -0.3 is 19.4 Å². The highest BCUT2D eigenvalue weighted by Gasteiger charge is 2.43. The minimum Gasteiger partial charge on any atom is -0.445 e. The van der Waals surface area contributed by atoms with Gasteiger partial charge in [-0.15, -0.1) is 0 Å². The van der Waals surface area contributed by atoms with E-state index in [1.54, 1.807) is 47.0 Å². The number of hydrogen-bond acceptors (Lipinski definition) is 4. The zero-order valence-electron chi connectivity index (χ0n) is 22.5. The number of halogens is 4. The first-order valence-electron chi connectivity index (χ1n) is 13.1. The van der Waals surface area contributed by atoms with Crippen LogP contribution in [-0.2, 0) is 17.8 Å². The Morgan fingerprint density at radius 1 is 1.10 bits per heavy atom. The lowest BCUT2D eigenvalue weighted by Gasteiger charge is -2.37. The number of nitrogens with one attached hydrogen (secondary N) is 1. The molecule has 1 aliphatic rings. The van der Waals surface area contributed by atoms with E-state index < -0.39 is 54.0 Å². The van der Waals surface area contributed by atoms with Crippen molar-refractivity contribution in [2.24, 2.45) is 5.92 Å². The van der Waals surface area contributed by atoms with Crippen LogP contribution in [0.25, 0.3) is 16.9 Å². The molecule has 1 aliphatic heterocycles. The van der Waals surface area contributed by atoms with E-state index in [1.165, 1.54) is 7.05 Å². The van der Waals surface area contributed by atoms with Crippen LogP contribution in [-0.4, -0.2) is 52.3 Å². The van der Waals surface area contributed by atoms with Crippen LogP contribution in [0.1, 0.15) is 33.6 Å². The first-order valence-corrected chi connectivity index (χ1v) is 13.1. The fourth-order valence-corrected chi connectivity index (χ4v) is 5.23. The van der Waals surface area contributed by atoms with Crippen LogP contribution in [0.5, 0.6) is 0 Å². The van der Waals surface area contributed by atoms with Gasteiger partial charge in [0, 0.05) is 31.8 Å². The van der Waals surface area contributed by atoms with Gasteiger partial charge in [0.25, 0.3) is 11.8 Å². The average molecular weight is 569 g/mol. The Labute approximate surface area is 233 Å². The van der Waals surface area contributed by atoms with Gasteiger partial charge in [0.1, 0.15) is 23.9 Å². The summed E-state index contributed by atoms with van der Waals surface area (Å²) in [6.45, 7) is 0.935. The molecule has 0 spiro atoms. The van der Waals surface area contributed by atoms with Gasteiger partial charge in [-0.2, -0.15) is 0 Å². The lowest BCUT2D eigenvalue weighted by molar-refractivity contribution is -0.0804. The van der Waals surface area contributed by atoms with Gasteiger partial charge in [0.05, 0.1) is 23.5 Å². The summed E-state index contributed by atoms with van der Waals surface area (Å²) >= 11 is 0. The maximum Gasteiger partial charge on any atom is 0.410 e. The molecule has 2 amide bonds. The molecule has 11 heteroatoms. The molecule has 1 fully saturated rings. The number of piperidine rings is 1. The van der Waals surface area contributed by atoms with E-state index in [9.17, 15) is 18.4 Å². The molecule has 2 aromatic heterocycles. The van der Waals surface area contributed by atoms with Gasteiger partial charge in [0.2, 0.25) is 0 Å². The Hall–Kier alpha value is -4.41. The van der Waals surface area contributed by atoms with Crippen molar-refractivity contribution in [3.05, 3.63) is 94.8 Å². The number of aryl methyl sites for hydroxylation is 1. The maximum atomic E-state index is 15.3. The van der Waals surface area contributed by atoms with Crippen molar-refractivity contribution < 1.29 is 31.9 Å². The average Bonchev–Trinajstić information content (AvgIpc) is 3.26. The van der Waals surface area contributed by atoms with Gasteiger partial charge in [-0.05, 0) is 54.7 Å². The third-order valence-corrected chi connectivity index (χ3v) is 7.08. The molecule has 41 heavy (non-hydrogen) atoms. The number of imidazole rings is 1. The number of carbonyl (C=O) groups excluding carboxylic acids is 2. The molecular weight excluding hydrogens is 540 g/mol. The predicted molar refractivity (Wildman–Crippen MR) is 144 cm³/mol. The lowest BCUT2D eigenvalue weighted by atomic mass is 9.90. The first-order chi connectivity index (χ1) is 19.5. The molecular formula is C30H28F4N4O3. The number of likely N-dealkylation sites (tertiary alicyclic amines) is 1. The van der Waals surface area contributed by atoms with Crippen molar-refractivity contribution in [2.75, 3.05) is 20.1 Å². The van der Waals surface area contributed by atoms with Crippen LogP contribution in [0.3, 0.4) is 0 Å². The summed E-state index contributed by atoms with van der Waals surface area (Å²) in [6, 6.07) is 14.2. The summed E-state index contributed by atoms with van der Waals surface area (Å²) in [5.74, 6) is -6.64. The van der Waals surface area contributed by atoms with Crippen LogP contribution >= 0.6 is 0 Å². The van der Waals surface area contributed by atoms with Crippen LogP contribution in [0.15, 0.2) is 60.8 Å². The molecule has 1 saturated heterocycles. The first kappa shape index (κ1) is 28.1. The monoisotopic (exact) mass is 568 g/mol. The Morgan fingerprint density at radius 3 is 2.49 bits per heavy atom. The van der Waals surface area contributed by atoms with Gasteiger partial charge in [-0.25, -0.2) is 27.3 Å². The zero-order chi connectivity index (χ0) is 29.3. The minimum atomic E-state index is -3.20. The van der Waals surface area contributed by atoms with Crippen LogP contribution in [0.4, 0.5) is 22.4 Å². The molecule has 2 aromatic carbocycles. The normalized spacial score (nSPS) is 16.5. The van der Waals surface area contributed by atoms with Crippen molar-refractivity contribution in [1.29, 1.82) is 0 Å². The van der Waals surface area contributed by atoms with Crippen molar-refractivity contribution in [1.82, 2.24) is 19.6 Å². The fourth-order valence-electron chi connectivity index (χ4n) is 5.23. The van der Waals surface area contributed by atoms with E-state index in [-0.39, 0.29) is 30.8 Å². The largest absolute Gasteiger partial charge is 0.445 e. The van der Waals surface area contributed by atoms with E-state index in [0.29, 0.717) is 11.3 Å². The lowest BCUT2D eigenvalue weighted by Crippen LogP contribution is -2.50. The highest BCUT2D eigenvalue weighted by molar-refractivity contribution is 5.94. The third kappa shape index (κ3) is 6.03. The van der Waals surface area contributed by atoms with E-state index in [2.05, 4.69) is 10.3 Å². The Morgan fingerprint density at radius 2 is 1.80 bits per heavy atom. The van der Waals surface area contributed by atoms with E-state index in [4.69, 9.17) is 4.74 Å². The summed E-state index contributed by atoms with van der Waals surface area (Å²) in [6.07, 6.45) is 0.217. The van der Waals surface area contributed by atoms with Gasteiger partial charge in [0.15, 0.2) is 0 Å². The van der Waals surface area contributed by atoms with Crippen molar-refractivity contribution in [3.63, 3.8) is 0 Å². The molecule has 0 radical (unpaired) electrons. The molecule has 0 saturated carbocycles. The van der Waals surface area contributed by atoms with E-state index >= 15 is 8.78 Å². The summed E-state index contributed by atoms with van der Waals surface area (Å²) in [5.41, 5.74) is 1.53. The second-order valence-corrected chi connectivity index (χ2v) is 10.3. The molecule has 7 nitrogen and oxygen atoms in total. The number of rotatable bonds is 6. The molecule has 1 unspecified atom stereocenters. The molecule has 1 N–H and O–H groups in total. The van der Waals surface area contributed by atoms with E-state index in [1.807, 2.05) is 13.0 Å². The smallest absolute Gasteiger partial charge is 0.410 e. The number of ether oxygens (including phenoxy) is 1. The molecule has 214 valence electrons. The zero-order valence-corrected chi connectivity index (χ0v) is 22.5. The minimum absolute atomic E-state index is 0.0394. The molecule has 3 heterocycles. The Bertz CT molecular complexity index is 1580. The number of aromatic nitrogens is 2. The Balaban J connectivity index is 1.47. The van der Waals surface area contributed by atoms with Crippen molar-refractivity contribution >= 4 is 17.6 Å². The Kier molecular flexibility index (Phi) is 7.70. The molecule has 4 aromatic rings. The number of pyridine rings is 1. The standard InChI is InChI=1S/C30H28F4N4O3/c1-18-8-9-38-24(27(36-25(38)10-18)26-22(31)12-21(13-23(26)32)28(39)35-2)11-20-14-30(33,34)17-37(15-20)29(40)41-16-19-6-4-3-5-7-19/h3-10,12-13,20H,11,14-17H2,1-2H3,(H,35,39). The van der Waals surface area contributed by atoms with Crippen molar-refractivity contribution in [2.45, 2.75) is 32.3 Å². The predicted octanol–water partition coefficient (Wildman–Crippen LogP) is 5.78. The molecule has 0 bridgehead atoms. The second-order valence-electron chi connectivity index (χ2n) is 10.3. The van der Waals surface area contributed by atoms with Crippen molar-refractivity contribution in [3.8, 4) is 11.3 Å². The van der Waals surface area contributed by atoms with Gasteiger partial charge >= 0.3 is 6.09 Å². The molecule has 1 atom stereocenters. The van der Waals surface area contributed by atoms with Crippen LogP contribution < -0.4 is 5.32 Å². The number of hydrogen-bond donors (Lipinski definition) is 1. The van der Waals surface area contributed by atoms with E-state index in [0.717, 1.165) is 28.2 Å². The molecule has 0 aliphatic carbocycles. The topological polar surface area (TPSA) is 75.9 Å². The summed E-state index contributed by atoms with van der Waals surface area (Å²) in [7, 11) is 1.34. The number of carbonyl (C=O) groups is 2. The summed E-state index contributed by atoms with van der Waals surface area (Å²) in [4.78, 5) is 30.2. The van der Waals surface area contributed by atoms with Gasteiger partial charge in [-0.1, -0.05) is 30.3 Å². The number of benzene rings is 2. The number of amides is 2. The number of nitrogens with zero attached hydrogens (tertiary/aromatic N) is 3. The fraction of sp³-hybridized carbons (Fsp3) is 0.300. The number of alkyl halides is 2. The number of fused-ring (bicyclic) bond motifs is 1. The summed E-state index contributed by atoms with van der Waals surface area (Å²) in [5, 5.41) is 2.32. The third-order valence-electron chi connectivity index (χ3n) is 7.08. The quantitative estimate of drug-likeness (QED) is 0.299.